The summed E-state index contributed by atoms with van der Waals surface area (Å²) in [6.07, 6.45) is 3.34. The Labute approximate surface area is 175 Å². The third-order valence-corrected chi connectivity index (χ3v) is 4.92. The molecular formula is C22H25N3O5. The largest absolute Gasteiger partial charge is 0.493 e. The highest BCUT2D eigenvalue weighted by Crippen LogP contribution is 2.28. The SMILES string of the molecule is CCOc1cc(/C=C/C(=O)N2CCN(c3ccc([N+](=O)[O-])cc3)CC2)ccc1OC. The van der Waals surface area contributed by atoms with Crippen LogP contribution >= 0.6 is 0 Å². The minimum atomic E-state index is -0.410. The number of carbonyl (C=O) groups is 1. The first-order chi connectivity index (χ1) is 14.5. The number of carbonyl (C=O) groups excluding carboxylic acids is 1. The molecule has 1 fully saturated rings. The van der Waals surface area contributed by atoms with Crippen molar-refractivity contribution in [1.29, 1.82) is 0 Å². The number of methoxy groups -OCH3 is 1. The molecule has 3 rings (SSSR count). The predicted octanol–water partition coefficient (Wildman–Crippen LogP) is 3.36. The van der Waals surface area contributed by atoms with Gasteiger partial charge in [0.2, 0.25) is 5.91 Å². The number of nitro benzene ring substituents is 1. The highest BCUT2D eigenvalue weighted by molar-refractivity contribution is 5.92. The summed E-state index contributed by atoms with van der Waals surface area (Å²) >= 11 is 0. The van der Waals surface area contributed by atoms with E-state index in [0.717, 1.165) is 11.3 Å². The van der Waals surface area contributed by atoms with Gasteiger partial charge >= 0.3 is 0 Å². The zero-order valence-corrected chi connectivity index (χ0v) is 17.1. The van der Waals surface area contributed by atoms with Crippen molar-refractivity contribution in [1.82, 2.24) is 4.90 Å². The minimum absolute atomic E-state index is 0.0490. The van der Waals surface area contributed by atoms with Gasteiger partial charge in [0.25, 0.3) is 5.69 Å². The molecule has 0 spiro atoms. The molecule has 8 nitrogen and oxygen atoms in total. The normalized spacial score (nSPS) is 14.1. The molecule has 158 valence electrons. The van der Waals surface area contributed by atoms with Crippen LogP contribution in [-0.4, -0.2) is 55.6 Å². The first kappa shape index (κ1) is 21.2. The van der Waals surface area contributed by atoms with Gasteiger partial charge in [0.05, 0.1) is 18.6 Å². The summed E-state index contributed by atoms with van der Waals surface area (Å²) in [4.78, 5) is 26.8. The molecule has 0 aliphatic carbocycles. The zero-order valence-electron chi connectivity index (χ0n) is 17.1. The van der Waals surface area contributed by atoms with Gasteiger partial charge in [-0.15, -0.1) is 0 Å². The van der Waals surface area contributed by atoms with Crippen LogP contribution in [0.2, 0.25) is 0 Å². The fourth-order valence-electron chi connectivity index (χ4n) is 3.31. The van der Waals surface area contributed by atoms with Crippen molar-refractivity contribution in [2.24, 2.45) is 0 Å². The summed E-state index contributed by atoms with van der Waals surface area (Å²) < 4.78 is 10.8. The molecule has 0 unspecified atom stereocenters. The predicted molar refractivity (Wildman–Crippen MR) is 115 cm³/mol. The van der Waals surface area contributed by atoms with Gasteiger partial charge in [-0.25, -0.2) is 0 Å². The lowest BCUT2D eigenvalue weighted by atomic mass is 10.1. The average Bonchev–Trinajstić information content (AvgIpc) is 2.78. The van der Waals surface area contributed by atoms with Crippen LogP contribution in [0.25, 0.3) is 6.08 Å². The number of nitrogens with zero attached hydrogens (tertiary/aromatic N) is 3. The van der Waals surface area contributed by atoms with Crippen LogP contribution in [0.4, 0.5) is 11.4 Å². The maximum Gasteiger partial charge on any atom is 0.269 e. The molecule has 1 heterocycles. The molecule has 0 bridgehead atoms. The molecule has 30 heavy (non-hydrogen) atoms. The lowest BCUT2D eigenvalue weighted by Crippen LogP contribution is -2.48. The number of rotatable bonds is 7. The molecule has 2 aromatic carbocycles. The maximum atomic E-state index is 12.6. The first-order valence-electron chi connectivity index (χ1n) is 9.79. The van der Waals surface area contributed by atoms with E-state index in [1.807, 2.05) is 25.1 Å². The Morgan fingerprint density at radius 3 is 2.40 bits per heavy atom. The summed E-state index contributed by atoms with van der Waals surface area (Å²) in [6.45, 7) is 4.96. The summed E-state index contributed by atoms with van der Waals surface area (Å²) in [7, 11) is 1.59. The standard InChI is InChI=1S/C22H25N3O5/c1-3-30-21-16-17(4-10-20(21)29-2)5-11-22(26)24-14-12-23(13-15-24)18-6-8-19(9-7-18)25(27)28/h4-11,16H,3,12-15H2,1-2H3/b11-5+. The van der Waals surface area contributed by atoms with Gasteiger partial charge in [0, 0.05) is 50.1 Å². The molecule has 1 aliphatic heterocycles. The Balaban J connectivity index is 1.57. The van der Waals surface area contributed by atoms with Crippen LogP contribution in [0.1, 0.15) is 12.5 Å². The van der Waals surface area contributed by atoms with E-state index in [9.17, 15) is 14.9 Å². The molecule has 0 atom stereocenters. The molecule has 1 saturated heterocycles. The summed E-state index contributed by atoms with van der Waals surface area (Å²) in [5, 5.41) is 10.8. The van der Waals surface area contributed by atoms with E-state index >= 15 is 0 Å². The molecule has 1 aliphatic rings. The van der Waals surface area contributed by atoms with Crippen LogP contribution in [0, 0.1) is 10.1 Å². The Morgan fingerprint density at radius 2 is 1.80 bits per heavy atom. The van der Waals surface area contributed by atoms with Crippen molar-refractivity contribution >= 4 is 23.4 Å². The quantitative estimate of drug-likeness (QED) is 0.395. The van der Waals surface area contributed by atoms with Crippen LogP contribution in [0.3, 0.4) is 0 Å². The van der Waals surface area contributed by atoms with Crippen molar-refractivity contribution in [2.75, 3.05) is 44.8 Å². The second kappa shape index (κ2) is 9.78. The van der Waals surface area contributed by atoms with Crippen molar-refractivity contribution in [2.45, 2.75) is 6.92 Å². The Kier molecular flexibility index (Phi) is 6.90. The van der Waals surface area contributed by atoms with E-state index in [2.05, 4.69) is 4.90 Å². The average molecular weight is 411 g/mol. The Bertz CT molecular complexity index is 919. The second-order valence-electron chi connectivity index (χ2n) is 6.76. The number of benzene rings is 2. The van der Waals surface area contributed by atoms with Gasteiger partial charge in [-0.1, -0.05) is 6.07 Å². The molecule has 0 N–H and O–H groups in total. The number of ether oxygens (including phenoxy) is 2. The lowest BCUT2D eigenvalue weighted by Gasteiger charge is -2.35. The van der Waals surface area contributed by atoms with Crippen molar-refractivity contribution in [3.05, 3.63) is 64.2 Å². The monoisotopic (exact) mass is 411 g/mol. The molecular weight excluding hydrogens is 386 g/mol. The van der Waals surface area contributed by atoms with E-state index in [1.54, 1.807) is 36.3 Å². The van der Waals surface area contributed by atoms with Gasteiger partial charge < -0.3 is 19.3 Å². The molecule has 8 heteroatoms. The summed E-state index contributed by atoms with van der Waals surface area (Å²) in [5.74, 6) is 1.25. The fourth-order valence-corrected chi connectivity index (χ4v) is 3.31. The van der Waals surface area contributed by atoms with Crippen LogP contribution in [0.15, 0.2) is 48.5 Å². The second-order valence-corrected chi connectivity index (χ2v) is 6.76. The van der Waals surface area contributed by atoms with Crippen molar-refractivity contribution in [3.8, 4) is 11.5 Å². The third-order valence-electron chi connectivity index (χ3n) is 4.92. The lowest BCUT2D eigenvalue weighted by molar-refractivity contribution is -0.384. The van der Waals surface area contributed by atoms with Gasteiger partial charge in [-0.05, 0) is 42.8 Å². The topological polar surface area (TPSA) is 85.2 Å². The minimum Gasteiger partial charge on any atom is -0.493 e. The van der Waals surface area contributed by atoms with Crippen molar-refractivity contribution in [3.63, 3.8) is 0 Å². The summed E-state index contributed by atoms with van der Waals surface area (Å²) in [5.41, 5.74) is 1.85. The smallest absolute Gasteiger partial charge is 0.269 e. The van der Waals surface area contributed by atoms with Crippen molar-refractivity contribution < 1.29 is 19.2 Å². The van der Waals surface area contributed by atoms with E-state index < -0.39 is 4.92 Å². The third kappa shape index (κ3) is 5.08. The summed E-state index contributed by atoms with van der Waals surface area (Å²) in [6, 6.07) is 12.0. The molecule has 0 aromatic heterocycles. The van der Waals surface area contributed by atoms with Crippen LogP contribution < -0.4 is 14.4 Å². The fraction of sp³-hybridized carbons (Fsp3) is 0.318. The van der Waals surface area contributed by atoms with Gasteiger partial charge in [-0.3, -0.25) is 14.9 Å². The van der Waals surface area contributed by atoms with E-state index in [-0.39, 0.29) is 11.6 Å². The Morgan fingerprint density at radius 1 is 1.10 bits per heavy atom. The van der Waals surface area contributed by atoms with E-state index in [0.29, 0.717) is 44.3 Å². The molecule has 1 amide bonds. The number of nitro groups is 1. The van der Waals surface area contributed by atoms with Crippen LogP contribution in [-0.2, 0) is 4.79 Å². The zero-order chi connectivity index (χ0) is 21.5. The molecule has 0 saturated carbocycles. The van der Waals surface area contributed by atoms with Gasteiger partial charge in [0.1, 0.15) is 0 Å². The number of piperazine rings is 1. The highest BCUT2D eigenvalue weighted by atomic mass is 16.6. The number of hydrogen-bond donors (Lipinski definition) is 0. The number of anilines is 1. The maximum absolute atomic E-state index is 12.6. The number of amides is 1. The number of hydrogen-bond acceptors (Lipinski definition) is 6. The van der Waals surface area contributed by atoms with E-state index in [1.165, 1.54) is 12.1 Å². The van der Waals surface area contributed by atoms with Crippen LogP contribution in [0.5, 0.6) is 11.5 Å². The van der Waals surface area contributed by atoms with Gasteiger partial charge in [-0.2, -0.15) is 0 Å². The molecule has 0 radical (unpaired) electrons. The highest BCUT2D eigenvalue weighted by Gasteiger charge is 2.20. The first-order valence-corrected chi connectivity index (χ1v) is 9.79. The number of non-ortho nitro benzene ring substituents is 1. The Hall–Kier alpha value is -3.55. The van der Waals surface area contributed by atoms with Gasteiger partial charge in [0.15, 0.2) is 11.5 Å². The van der Waals surface area contributed by atoms with E-state index in [4.69, 9.17) is 9.47 Å². The molecule has 2 aromatic rings.